The number of amides is 1. The molecule has 2 saturated heterocycles. The molecule has 0 saturated carbocycles. The molecule has 0 spiro atoms. The van der Waals surface area contributed by atoms with Gasteiger partial charge in [0.15, 0.2) is 0 Å². The Balaban J connectivity index is 1.82. The van der Waals surface area contributed by atoms with Gasteiger partial charge in [-0.2, -0.15) is 0 Å². The van der Waals surface area contributed by atoms with Crippen LogP contribution >= 0.6 is 0 Å². The summed E-state index contributed by atoms with van der Waals surface area (Å²) in [4.78, 5) is 24.9. The van der Waals surface area contributed by atoms with Crippen LogP contribution in [0.3, 0.4) is 0 Å². The summed E-state index contributed by atoms with van der Waals surface area (Å²) in [6.07, 6.45) is 6.18. The van der Waals surface area contributed by atoms with Crippen molar-refractivity contribution in [3.63, 3.8) is 0 Å². The molecule has 1 unspecified atom stereocenters. The summed E-state index contributed by atoms with van der Waals surface area (Å²) in [5.41, 5.74) is 0. The first-order chi connectivity index (χ1) is 9.16. The van der Waals surface area contributed by atoms with E-state index < -0.39 is 5.97 Å². The van der Waals surface area contributed by atoms with Crippen molar-refractivity contribution in [1.29, 1.82) is 0 Å². The highest BCUT2D eigenvalue weighted by molar-refractivity contribution is 5.82. The quantitative estimate of drug-likeness (QED) is 0.804. The number of hydrogen-bond donors (Lipinski definition) is 2. The first-order valence-corrected chi connectivity index (χ1v) is 7.41. The van der Waals surface area contributed by atoms with E-state index in [1.54, 1.807) is 0 Å². The van der Waals surface area contributed by atoms with E-state index in [0.717, 1.165) is 51.7 Å². The first-order valence-electron chi connectivity index (χ1n) is 7.41. The van der Waals surface area contributed by atoms with Crippen LogP contribution in [-0.2, 0) is 9.59 Å². The smallest absolute Gasteiger partial charge is 0.303 e. The molecular formula is C14H24N2O3. The maximum absolute atomic E-state index is 12.4. The van der Waals surface area contributed by atoms with Crippen LogP contribution in [0, 0.1) is 5.92 Å². The van der Waals surface area contributed by atoms with Gasteiger partial charge < -0.3 is 15.3 Å². The maximum atomic E-state index is 12.4. The zero-order valence-corrected chi connectivity index (χ0v) is 11.4. The van der Waals surface area contributed by atoms with Crippen molar-refractivity contribution in [2.45, 2.75) is 51.0 Å². The van der Waals surface area contributed by atoms with Crippen LogP contribution < -0.4 is 5.32 Å². The van der Waals surface area contributed by atoms with Crippen molar-refractivity contribution in [1.82, 2.24) is 10.2 Å². The van der Waals surface area contributed by atoms with Crippen LogP contribution in [0.25, 0.3) is 0 Å². The van der Waals surface area contributed by atoms with Gasteiger partial charge in [0.25, 0.3) is 0 Å². The van der Waals surface area contributed by atoms with Gasteiger partial charge >= 0.3 is 5.97 Å². The minimum Gasteiger partial charge on any atom is -0.481 e. The van der Waals surface area contributed by atoms with Crippen molar-refractivity contribution in [2.75, 3.05) is 19.6 Å². The average molecular weight is 268 g/mol. The van der Waals surface area contributed by atoms with E-state index in [-0.39, 0.29) is 18.4 Å². The fraction of sp³-hybridized carbons (Fsp3) is 0.857. The van der Waals surface area contributed by atoms with Gasteiger partial charge in [0, 0.05) is 19.5 Å². The molecule has 2 N–H and O–H groups in total. The number of carboxylic acids is 1. The molecule has 2 heterocycles. The monoisotopic (exact) mass is 268 g/mol. The lowest BCUT2D eigenvalue weighted by Crippen LogP contribution is -2.51. The minimum absolute atomic E-state index is 0.00743. The molecule has 2 rings (SSSR count). The number of rotatable bonds is 4. The van der Waals surface area contributed by atoms with Crippen molar-refractivity contribution in [3.8, 4) is 0 Å². The molecule has 5 nitrogen and oxygen atoms in total. The van der Waals surface area contributed by atoms with E-state index in [0.29, 0.717) is 12.3 Å². The summed E-state index contributed by atoms with van der Waals surface area (Å²) in [6, 6.07) is -0.00743. The molecule has 5 heteroatoms. The summed E-state index contributed by atoms with van der Waals surface area (Å²) in [7, 11) is 0. The fourth-order valence-electron chi connectivity index (χ4n) is 3.11. The number of nitrogens with zero attached hydrogens (tertiary/aromatic N) is 1. The van der Waals surface area contributed by atoms with Crippen molar-refractivity contribution >= 4 is 11.9 Å². The Morgan fingerprint density at radius 2 is 2.05 bits per heavy atom. The highest BCUT2D eigenvalue weighted by Crippen LogP contribution is 2.22. The second kappa shape index (κ2) is 6.89. The number of carbonyl (C=O) groups excluding carboxylic acids is 1. The van der Waals surface area contributed by atoms with Crippen LogP contribution in [0.2, 0.25) is 0 Å². The molecule has 2 aliphatic rings. The molecule has 0 aromatic carbocycles. The molecule has 2 aliphatic heterocycles. The Morgan fingerprint density at radius 1 is 1.21 bits per heavy atom. The van der Waals surface area contributed by atoms with E-state index in [1.165, 1.54) is 0 Å². The van der Waals surface area contributed by atoms with Crippen LogP contribution in [0.5, 0.6) is 0 Å². The predicted octanol–water partition coefficient (Wildman–Crippen LogP) is 1.23. The van der Waals surface area contributed by atoms with Crippen molar-refractivity contribution in [2.24, 2.45) is 5.92 Å². The zero-order valence-electron chi connectivity index (χ0n) is 11.4. The number of aliphatic carboxylic acids is 1. The van der Waals surface area contributed by atoms with Crippen LogP contribution in [0.15, 0.2) is 0 Å². The number of carboxylic acid groups (broad SMARTS) is 1. The SMILES string of the molecule is O=C(O)CCC1CCCN(C(=O)[C@@H]2CCCCN2)C1. The third kappa shape index (κ3) is 4.20. The predicted molar refractivity (Wildman–Crippen MR) is 71.8 cm³/mol. The molecule has 0 aromatic heterocycles. The van der Waals surface area contributed by atoms with Crippen LogP contribution in [-0.4, -0.2) is 47.6 Å². The molecule has 2 atom stereocenters. The summed E-state index contributed by atoms with van der Waals surface area (Å²) < 4.78 is 0. The van der Waals surface area contributed by atoms with E-state index >= 15 is 0 Å². The van der Waals surface area contributed by atoms with Gasteiger partial charge in [-0.25, -0.2) is 0 Å². The molecule has 0 aliphatic carbocycles. The molecule has 108 valence electrons. The second-order valence-electron chi connectivity index (χ2n) is 5.73. The highest BCUT2D eigenvalue weighted by atomic mass is 16.4. The standard InChI is InChI=1S/C14H24N2O3/c17-13(18)7-6-11-4-3-9-16(10-11)14(19)12-5-1-2-8-15-12/h11-12,15H,1-10H2,(H,17,18)/t11?,12-/m0/s1. The van der Waals surface area contributed by atoms with E-state index in [4.69, 9.17) is 5.11 Å². The lowest BCUT2D eigenvalue weighted by Gasteiger charge is -2.36. The maximum Gasteiger partial charge on any atom is 0.303 e. The molecule has 0 radical (unpaired) electrons. The Hall–Kier alpha value is -1.10. The molecule has 19 heavy (non-hydrogen) atoms. The minimum atomic E-state index is -0.739. The molecule has 2 fully saturated rings. The normalized spacial score (nSPS) is 28.1. The Labute approximate surface area is 114 Å². The topological polar surface area (TPSA) is 69.6 Å². The number of likely N-dealkylation sites (tertiary alicyclic amines) is 1. The zero-order chi connectivity index (χ0) is 13.7. The molecule has 0 bridgehead atoms. The third-order valence-corrected chi connectivity index (χ3v) is 4.21. The second-order valence-corrected chi connectivity index (χ2v) is 5.73. The van der Waals surface area contributed by atoms with Gasteiger partial charge in [-0.05, 0) is 44.6 Å². The Morgan fingerprint density at radius 3 is 2.74 bits per heavy atom. The largest absolute Gasteiger partial charge is 0.481 e. The van der Waals surface area contributed by atoms with Crippen molar-refractivity contribution < 1.29 is 14.7 Å². The van der Waals surface area contributed by atoms with Gasteiger partial charge in [-0.1, -0.05) is 6.42 Å². The Kier molecular flexibility index (Phi) is 5.19. The van der Waals surface area contributed by atoms with Gasteiger partial charge in [-0.3, -0.25) is 9.59 Å². The summed E-state index contributed by atoms with van der Waals surface area (Å²) in [5.74, 6) is -0.158. The lowest BCUT2D eigenvalue weighted by molar-refractivity contribution is -0.137. The van der Waals surface area contributed by atoms with Gasteiger partial charge in [0.2, 0.25) is 5.91 Å². The highest BCUT2D eigenvalue weighted by Gasteiger charge is 2.29. The number of piperidine rings is 2. The van der Waals surface area contributed by atoms with E-state index in [2.05, 4.69) is 5.32 Å². The third-order valence-electron chi connectivity index (χ3n) is 4.21. The Bertz CT molecular complexity index is 327. The van der Waals surface area contributed by atoms with Crippen LogP contribution in [0.1, 0.15) is 44.9 Å². The fourth-order valence-corrected chi connectivity index (χ4v) is 3.11. The summed E-state index contributed by atoms with van der Waals surface area (Å²) >= 11 is 0. The van der Waals surface area contributed by atoms with E-state index in [1.807, 2.05) is 4.90 Å². The van der Waals surface area contributed by atoms with Gasteiger partial charge in [0.1, 0.15) is 0 Å². The van der Waals surface area contributed by atoms with E-state index in [9.17, 15) is 9.59 Å². The van der Waals surface area contributed by atoms with Crippen LogP contribution in [0.4, 0.5) is 0 Å². The first kappa shape index (κ1) is 14.3. The molecule has 0 aromatic rings. The van der Waals surface area contributed by atoms with Crippen molar-refractivity contribution in [3.05, 3.63) is 0 Å². The molecular weight excluding hydrogens is 244 g/mol. The summed E-state index contributed by atoms with van der Waals surface area (Å²) in [5, 5.41) is 12.0. The molecule has 1 amide bonds. The lowest BCUT2D eigenvalue weighted by atomic mass is 9.92. The average Bonchev–Trinajstić information content (AvgIpc) is 2.45. The summed E-state index contributed by atoms with van der Waals surface area (Å²) in [6.45, 7) is 2.51. The number of hydrogen-bond acceptors (Lipinski definition) is 3. The van der Waals surface area contributed by atoms with Gasteiger partial charge in [0.05, 0.1) is 6.04 Å². The number of carbonyl (C=O) groups is 2. The number of nitrogens with one attached hydrogen (secondary N) is 1. The van der Waals surface area contributed by atoms with Gasteiger partial charge in [-0.15, -0.1) is 0 Å².